The van der Waals surface area contributed by atoms with Gasteiger partial charge in [-0.25, -0.2) is 8.42 Å². The zero-order valence-electron chi connectivity index (χ0n) is 17.6. The van der Waals surface area contributed by atoms with Gasteiger partial charge in [0.05, 0.1) is 28.0 Å². The van der Waals surface area contributed by atoms with E-state index in [0.29, 0.717) is 15.5 Å². The fourth-order valence-electron chi connectivity index (χ4n) is 4.83. The maximum absolute atomic E-state index is 10.7. The Balaban J connectivity index is 0.000000713. The Hall–Kier alpha value is -0.650. The Morgan fingerprint density at radius 3 is 1.19 bits per heavy atom. The molecule has 0 radical (unpaired) electrons. The van der Waals surface area contributed by atoms with Crippen LogP contribution in [0, 0.1) is 0 Å². The lowest BCUT2D eigenvalue weighted by Crippen LogP contribution is -2.49. The van der Waals surface area contributed by atoms with Gasteiger partial charge in [0.2, 0.25) is 0 Å². The van der Waals surface area contributed by atoms with Crippen LogP contribution in [0.5, 0.6) is 0 Å². The van der Waals surface area contributed by atoms with Gasteiger partial charge in [0.15, 0.2) is 10.1 Å². The molecule has 158 valence electrons. The molecular weight excluding hydrogens is 396 g/mol. The second-order valence-electron chi connectivity index (χ2n) is 9.42. The monoisotopic (exact) mass is 428 g/mol. The topological polar surface area (TPSA) is 57.2 Å². The summed E-state index contributed by atoms with van der Waals surface area (Å²) in [7, 11) is -7.49. The molecule has 1 rings (SSSR count). The highest BCUT2D eigenvalue weighted by molar-refractivity contribution is 7.87. The van der Waals surface area contributed by atoms with Gasteiger partial charge in [0.25, 0.3) is 0 Å². The fraction of sp³-hybridized carbons (Fsp3) is 0.684. The summed E-state index contributed by atoms with van der Waals surface area (Å²) in [6.07, 6.45) is 0. The Labute approximate surface area is 162 Å². The summed E-state index contributed by atoms with van der Waals surface area (Å²) in [5.74, 6) is 0. The summed E-state index contributed by atoms with van der Waals surface area (Å²) in [6, 6.07) is 11.2. The third-order valence-corrected chi connectivity index (χ3v) is 12.1. The molecule has 0 fully saturated rings. The summed E-state index contributed by atoms with van der Waals surface area (Å²) in [6.45, 7) is 21.9. The largest absolute Gasteiger partial charge is 0.741 e. The number of halogens is 3. The van der Waals surface area contributed by atoms with Gasteiger partial charge in [-0.2, -0.15) is 13.2 Å². The molecule has 27 heavy (non-hydrogen) atoms. The number of hydrogen-bond donors (Lipinski definition) is 0. The molecule has 0 aliphatic rings. The first kappa shape index (κ1) is 26.4. The van der Waals surface area contributed by atoms with Crippen LogP contribution in [-0.4, -0.2) is 33.9 Å². The van der Waals surface area contributed by atoms with Crippen molar-refractivity contribution in [3.63, 3.8) is 0 Å². The third kappa shape index (κ3) is 5.68. The maximum Gasteiger partial charge on any atom is 0.485 e. The zero-order chi connectivity index (χ0) is 22.1. The fourth-order valence-corrected chi connectivity index (χ4v) is 13.8. The molecule has 8 heteroatoms. The van der Waals surface area contributed by atoms with Crippen molar-refractivity contribution in [3.8, 4) is 0 Å². The standard InChI is InChI=1S/C18H32P.CHF3O3S/c1-16(2,3)19(17(4,5)6,18(7,8)9)15-13-11-10-12-14-15;2-1(3,4)8(5,6)7/h10-14H,1-9H3;(H,5,6,7)/q+1;/p-1. The molecule has 0 aromatic heterocycles. The van der Waals surface area contributed by atoms with Gasteiger partial charge < -0.3 is 4.55 Å². The number of rotatable bonds is 1. The molecule has 0 atom stereocenters. The van der Waals surface area contributed by atoms with Crippen LogP contribution >= 0.6 is 7.26 Å². The van der Waals surface area contributed by atoms with Crippen molar-refractivity contribution >= 4 is 22.7 Å². The average molecular weight is 428 g/mol. The van der Waals surface area contributed by atoms with Crippen LogP contribution in [0.1, 0.15) is 62.3 Å². The number of benzene rings is 1. The third-order valence-electron chi connectivity index (χ3n) is 4.45. The van der Waals surface area contributed by atoms with Crippen LogP contribution in [-0.2, 0) is 10.1 Å². The van der Waals surface area contributed by atoms with Crippen LogP contribution in [0.2, 0.25) is 0 Å². The highest BCUT2D eigenvalue weighted by Gasteiger charge is 2.65. The van der Waals surface area contributed by atoms with Crippen LogP contribution in [0.15, 0.2) is 30.3 Å². The minimum absolute atomic E-state index is 0.296. The minimum atomic E-state index is -6.09. The van der Waals surface area contributed by atoms with Crippen molar-refractivity contribution in [2.24, 2.45) is 0 Å². The van der Waals surface area contributed by atoms with E-state index in [0.717, 1.165) is 0 Å². The molecule has 1 aromatic carbocycles. The number of hydrogen-bond acceptors (Lipinski definition) is 3. The molecule has 0 heterocycles. The van der Waals surface area contributed by atoms with E-state index in [9.17, 15) is 13.2 Å². The summed E-state index contributed by atoms with van der Waals surface area (Å²) in [5.41, 5.74) is -5.65. The molecule has 0 aliphatic carbocycles. The van der Waals surface area contributed by atoms with E-state index in [1.54, 1.807) is 5.30 Å². The van der Waals surface area contributed by atoms with Crippen LogP contribution < -0.4 is 5.30 Å². The van der Waals surface area contributed by atoms with Gasteiger partial charge in [-0.3, -0.25) is 0 Å². The van der Waals surface area contributed by atoms with Gasteiger partial charge >= 0.3 is 5.51 Å². The first-order valence-corrected chi connectivity index (χ1v) is 11.8. The first-order valence-electron chi connectivity index (χ1n) is 8.58. The van der Waals surface area contributed by atoms with Gasteiger partial charge in [0.1, 0.15) is 0 Å². The van der Waals surface area contributed by atoms with Gasteiger partial charge in [0, 0.05) is 0 Å². The van der Waals surface area contributed by atoms with E-state index in [2.05, 4.69) is 92.6 Å². The summed E-state index contributed by atoms with van der Waals surface area (Å²) < 4.78 is 58.9. The average Bonchev–Trinajstić information content (AvgIpc) is 2.33. The predicted octanol–water partition coefficient (Wildman–Crippen LogP) is 5.78. The second kappa shape index (κ2) is 8.00. The minimum Gasteiger partial charge on any atom is -0.741 e. The molecule has 0 saturated heterocycles. The van der Waals surface area contributed by atoms with E-state index in [-0.39, 0.29) is 0 Å². The Kier molecular flexibility index (Phi) is 7.81. The summed E-state index contributed by atoms with van der Waals surface area (Å²) in [4.78, 5) is 0. The highest BCUT2D eigenvalue weighted by Crippen LogP contribution is 2.82. The smallest absolute Gasteiger partial charge is 0.485 e. The summed E-state index contributed by atoms with van der Waals surface area (Å²) in [5, 5.41) is 2.46. The normalized spacial score (nSPS) is 14.4. The number of alkyl halides is 3. The van der Waals surface area contributed by atoms with E-state index in [4.69, 9.17) is 13.0 Å². The molecule has 0 amide bonds. The van der Waals surface area contributed by atoms with Gasteiger partial charge in [-0.15, -0.1) is 0 Å². The van der Waals surface area contributed by atoms with Crippen LogP contribution in [0.25, 0.3) is 0 Å². The van der Waals surface area contributed by atoms with Crippen molar-refractivity contribution < 1.29 is 26.1 Å². The highest BCUT2D eigenvalue weighted by atomic mass is 32.2. The van der Waals surface area contributed by atoms with Crippen molar-refractivity contribution in [2.75, 3.05) is 0 Å². The molecule has 0 bridgehead atoms. The van der Waals surface area contributed by atoms with E-state index < -0.39 is 22.9 Å². The lowest BCUT2D eigenvalue weighted by atomic mass is 10.2. The zero-order valence-corrected chi connectivity index (χ0v) is 19.3. The molecule has 0 saturated carbocycles. The lowest BCUT2D eigenvalue weighted by Gasteiger charge is -2.54. The Bertz CT molecular complexity index is 672. The van der Waals surface area contributed by atoms with Crippen molar-refractivity contribution in [1.29, 1.82) is 0 Å². The second-order valence-corrected chi connectivity index (χ2v) is 16.7. The van der Waals surface area contributed by atoms with E-state index in [1.165, 1.54) is 0 Å². The van der Waals surface area contributed by atoms with Crippen LogP contribution in [0.4, 0.5) is 13.2 Å². The molecule has 0 unspecified atom stereocenters. The van der Waals surface area contributed by atoms with E-state index in [1.807, 2.05) is 0 Å². The quantitative estimate of drug-likeness (QED) is 0.324. The SMILES string of the molecule is CC(C)(C)[P+](c1ccccc1)(C(C)(C)C)C(C)(C)C.O=S(=O)([O-])C(F)(F)F. The molecule has 0 N–H and O–H groups in total. The van der Waals surface area contributed by atoms with Crippen molar-refractivity contribution in [1.82, 2.24) is 0 Å². The van der Waals surface area contributed by atoms with E-state index >= 15 is 0 Å². The maximum atomic E-state index is 10.7. The molecule has 3 nitrogen and oxygen atoms in total. The molecule has 1 aromatic rings. The molecular formula is C19H32F3O3PS. The molecule has 0 aliphatic heterocycles. The van der Waals surface area contributed by atoms with Crippen LogP contribution in [0.3, 0.4) is 0 Å². The van der Waals surface area contributed by atoms with Gasteiger partial charge in [-0.05, 0) is 74.4 Å². The Morgan fingerprint density at radius 2 is 1.00 bits per heavy atom. The Morgan fingerprint density at radius 1 is 0.741 bits per heavy atom. The summed E-state index contributed by atoms with van der Waals surface area (Å²) >= 11 is 0. The van der Waals surface area contributed by atoms with Crippen molar-refractivity contribution in [3.05, 3.63) is 30.3 Å². The van der Waals surface area contributed by atoms with Crippen molar-refractivity contribution in [2.45, 2.75) is 83.3 Å². The predicted molar refractivity (Wildman–Crippen MR) is 108 cm³/mol. The first-order chi connectivity index (χ1) is 11.6. The van der Waals surface area contributed by atoms with Gasteiger partial charge in [-0.1, -0.05) is 18.2 Å². The molecule has 0 spiro atoms. The lowest BCUT2D eigenvalue weighted by molar-refractivity contribution is -0.0517.